The van der Waals surface area contributed by atoms with Crippen molar-refractivity contribution in [2.45, 2.75) is 12.4 Å². The largest absolute Gasteiger partial charge is 0.496 e. The molecule has 0 bridgehead atoms. The highest BCUT2D eigenvalue weighted by Crippen LogP contribution is 2.35. The Kier molecular flexibility index (Phi) is 7.75. The van der Waals surface area contributed by atoms with E-state index in [2.05, 4.69) is 10.6 Å². The van der Waals surface area contributed by atoms with Crippen LogP contribution >= 0.6 is 23.2 Å². The van der Waals surface area contributed by atoms with Gasteiger partial charge in [-0.2, -0.15) is 26.3 Å². The SMILES string of the molecule is COc1ccc(C(=O)Nc2ccc(C(F)(F)F)cc2Cl)cc1C(=O)Nc1ccc(C(F)(F)F)cc1Cl. The third-order valence-corrected chi connectivity index (χ3v) is 5.42. The minimum absolute atomic E-state index is 0.0275. The molecule has 3 aromatic carbocycles. The van der Waals surface area contributed by atoms with E-state index in [0.717, 1.165) is 30.3 Å². The fraction of sp³-hybridized carbons (Fsp3) is 0.130. The molecule has 3 aromatic rings. The Hall–Kier alpha value is -3.44. The maximum atomic E-state index is 12.8. The summed E-state index contributed by atoms with van der Waals surface area (Å²) < 4.78 is 82.1. The molecule has 0 saturated carbocycles. The number of carbonyl (C=O) groups excluding carboxylic acids is 2. The molecule has 0 aromatic heterocycles. The molecule has 3 rings (SSSR count). The molecule has 0 unspecified atom stereocenters. The zero-order valence-corrected chi connectivity index (χ0v) is 19.5. The Balaban J connectivity index is 1.85. The van der Waals surface area contributed by atoms with Crippen LogP contribution in [0.15, 0.2) is 54.6 Å². The van der Waals surface area contributed by atoms with Gasteiger partial charge in [-0.15, -0.1) is 0 Å². The van der Waals surface area contributed by atoms with Crippen LogP contribution < -0.4 is 15.4 Å². The van der Waals surface area contributed by atoms with Gasteiger partial charge >= 0.3 is 12.4 Å². The van der Waals surface area contributed by atoms with Crippen LogP contribution in [0.25, 0.3) is 0 Å². The van der Waals surface area contributed by atoms with Gasteiger partial charge in [-0.1, -0.05) is 23.2 Å². The molecule has 0 aliphatic carbocycles. The molecule has 0 saturated heterocycles. The van der Waals surface area contributed by atoms with Crippen molar-refractivity contribution in [2.75, 3.05) is 17.7 Å². The number of alkyl halides is 6. The van der Waals surface area contributed by atoms with Gasteiger partial charge in [0.1, 0.15) is 5.75 Å². The van der Waals surface area contributed by atoms with E-state index in [1.165, 1.54) is 19.2 Å². The maximum absolute atomic E-state index is 12.8. The molecular formula is C23H14Cl2F6N2O3. The summed E-state index contributed by atoms with van der Waals surface area (Å²) in [6.45, 7) is 0. The van der Waals surface area contributed by atoms with Crippen molar-refractivity contribution >= 4 is 46.4 Å². The van der Waals surface area contributed by atoms with E-state index in [9.17, 15) is 35.9 Å². The van der Waals surface area contributed by atoms with Crippen molar-refractivity contribution in [3.8, 4) is 5.75 Å². The molecule has 5 nitrogen and oxygen atoms in total. The molecular weight excluding hydrogens is 537 g/mol. The molecule has 36 heavy (non-hydrogen) atoms. The summed E-state index contributed by atoms with van der Waals surface area (Å²) in [7, 11) is 1.25. The summed E-state index contributed by atoms with van der Waals surface area (Å²) >= 11 is 11.7. The number of nitrogens with one attached hydrogen (secondary N) is 2. The van der Waals surface area contributed by atoms with Crippen molar-refractivity contribution in [1.82, 2.24) is 0 Å². The Labute approximate surface area is 210 Å². The molecule has 0 radical (unpaired) electrons. The second kappa shape index (κ2) is 10.3. The van der Waals surface area contributed by atoms with Gasteiger partial charge in [-0.05, 0) is 54.6 Å². The highest BCUT2D eigenvalue weighted by molar-refractivity contribution is 6.34. The Morgan fingerprint density at radius 3 is 1.61 bits per heavy atom. The Morgan fingerprint density at radius 1 is 0.722 bits per heavy atom. The molecule has 0 spiro atoms. The van der Waals surface area contributed by atoms with Gasteiger partial charge in [0.15, 0.2) is 0 Å². The van der Waals surface area contributed by atoms with Crippen LogP contribution in [0.5, 0.6) is 5.75 Å². The number of hydrogen-bond acceptors (Lipinski definition) is 3. The lowest BCUT2D eigenvalue weighted by Crippen LogP contribution is -2.17. The second-order valence-corrected chi connectivity index (χ2v) is 8.02. The van der Waals surface area contributed by atoms with Gasteiger partial charge in [-0.25, -0.2) is 0 Å². The molecule has 0 aliphatic rings. The fourth-order valence-corrected chi connectivity index (χ4v) is 3.45. The second-order valence-electron chi connectivity index (χ2n) is 7.21. The predicted molar refractivity (Wildman–Crippen MR) is 122 cm³/mol. The van der Waals surface area contributed by atoms with Gasteiger partial charge in [0.2, 0.25) is 0 Å². The normalized spacial score (nSPS) is 11.7. The van der Waals surface area contributed by atoms with Gasteiger partial charge in [0.25, 0.3) is 11.8 Å². The zero-order chi connectivity index (χ0) is 26.8. The van der Waals surface area contributed by atoms with E-state index < -0.39 is 35.3 Å². The molecule has 0 fully saturated rings. The number of anilines is 2. The van der Waals surface area contributed by atoms with Crippen LogP contribution in [0.2, 0.25) is 10.0 Å². The topological polar surface area (TPSA) is 67.4 Å². The van der Waals surface area contributed by atoms with Crippen LogP contribution in [-0.2, 0) is 12.4 Å². The first-order chi connectivity index (χ1) is 16.7. The quantitative estimate of drug-likeness (QED) is 0.322. The van der Waals surface area contributed by atoms with Gasteiger partial charge in [0.05, 0.1) is 45.2 Å². The zero-order valence-electron chi connectivity index (χ0n) is 17.9. The summed E-state index contributed by atoms with van der Waals surface area (Å²) in [5.74, 6) is -1.63. The molecule has 0 aliphatic heterocycles. The average molecular weight is 551 g/mol. The summed E-state index contributed by atoms with van der Waals surface area (Å²) in [5, 5.41) is 3.97. The van der Waals surface area contributed by atoms with Crippen molar-refractivity contribution in [1.29, 1.82) is 0 Å². The molecule has 190 valence electrons. The monoisotopic (exact) mass is 550 g/mol. The van der Waals surface area contributed by atoms with Gasteiger partial charge < -0.3 is 15.4 Å². The summed E-state index contributed by atoms with van der Waals surface area (Å²) in [6, 6.07) is 8.41. The minimum atomic E-state index is -4.63. The lowest BCUT2D eigenvalue weighted by Gasteiger charge is -2.14. The lowest BCUT2D eigenvalue weighted by molar-refractivity contribution is -0.138. The van der Waals surface area contributed by atoms with Crippen molar-refractivity contribution < 1.29 is 40.7 Å². The van der Waals surface area contributed by atoms with E-state index in [1.54, 1.807) is 0 Å². The molecule has 0 atom stereocenters. The predicted octanol–water partition coefficient (Wildman–Crippen LogP) is 7.54. The number of hydrogen-bond donors (Lipinski definition) is 2. The van der Waals surface area contributed by atoms with Crippen molar-refractivity contribution in [2.24, 2.45) is 0 Å². The van der Waals surface area contributed by atoms with Crippen LogP contribution in [0.4, 0.5) is 37.7 Å². The Morgan fingerprint density at radius 2 is 1.19 bits per heavy atom. The van der Waals surface area contributed by atoms with Crippen molar-refractivity contribution in [3.63, 3.8) is 0 Å². The number of halogens is 8. The summed E-state index contributed by atoms with van der Waals surface area (Å²) in [6.07, 6.45) is -9.26. The van der Waals surface area contributed by atoms with E-state index >= 15 is 0 Å². The van der Waals surface area contributed by atoms with Crippen LogP contribution in [0.3, 0.4) is 0 Å². The number of ether oxygens (including phenoxy) is 1. The fourth-order valence-electron chi connectivity index (χ4n) is 3.00. The molecule has 13 heteroatoms. The highest BCUT2D eigenvalue weighted by Gasteiger charge is 2.32. The van der Waals surface area contributed by atoms with Crippen LogP contribution in [-0.4, -0.2) is 18.9 Å². The smallest absolute Gasteiger partial charge is 0.416 e. The van der Waals surface area contributed by atoms with E-state index in [4.69, 9.17) is 27.9 Å². The number of methoxy groups -OCH3 is 1. The first-order valence-electron chi connectivity index (χ1n) is 9.75. The summed E-state index contributed by atoms with van der Waals surface area (Å²) in [4.78, 5) is 25.5. The standard InChI is InChI=1S/C23H14Cl2F6N2O3/c1-36-19-7-2-11(20(34)32-17-5-3-12(9-15(17)24)22(26,27)28)8-14(19)21(35)33-18-6-4-13(10-16(18)25)23(29,30)31/h2-10H,1H3,(H,32,34)(H,33,35). The van der Waals surface area contributed by atoms with Gasteiger partial charge in [0, 0.05) is 5.56 Å². The van der Waals surface area contributed by atoms with Crippen molar-refractivity contribution in [3.05, 3.63) is 86.9 Å². The van der Waals surface area contributed by atoms with E-state index in [-0.39, 0.29) is 38.3 Å². The molecule has 2 amide bonds. The molecule has 0 heterocycles. The number of benzene rings is 3. The van der Waals surface area contributed by atoms with Crippen LogP contribution in [0.1, 0.15) is 31.8 Å². The Bertz CT molecular complexity index is 1330. The third-order valence-electron chi connectivity index (χ3n) is 4.80. The van der Waals surface area contributed by atoms with Crippen LogP contribution in [0, 0.1) is 0 Å². The number of carbonyl (C=O) groups is 2. The maximum Gasteiger partial charge on any atom is 0.416 e. The van der Waals surface area contributed by atoms with E-state index in [1.807, 2.05) is 0 Å². The van der Waals surface area contributed by atoms with Gasteiger partial charge in [-0.3, -0.25) is 9.59 Å². The number of rotatable bonds is 5. The minimum Gasteiger partial charge on any atom is -0.496 e. The first-order valence-corrected chi connectivity index (χ1v) is 10.5. The summed E-state index contributed by atoms with van der Waals surface area (Å²) in [5.41, 5.74) is -2.49. The highest BCUT2D eigenvalue weighted by atomic mass is 35.5. The molecule has 2 N–H and O–H groups in total. The third kappa shape index (κ3) is 6.21. The first kappa shape index (κ1) is 27.2. The van der Waals surface area contributed by atoms with E-state index in [0.29, 0.717) is 12.1 Å². The number of amides is 2. The lowest BCUT2D eigenvalue weighted by atomic mass is 10.1. The average Bonchev–Trinajstić information content (AvgIpc) is 2.79.